The summed E-state index contributed by atoms with van der Waals surface area (Å²) < 4.78 is 0. The number of hydrogen-bond donors (Lipinski definition) is 2. The fourth-order valence-electron chi connectivity index (χ4n) is 2.41. The van der Waals surface area contributed by atoms with Crippen LogP contribution in [0.2, 0.25) is 0 Å². The van der Waals surface area contributed by atoms with Gasteiger partial charge in [0, 0.05) is 12.1 Å². The van der Waals surface area contributed by atoms with E-state index in [1.807, 2.05) is 6.07 Å². The molecule has 1 aromatic rings. The molecule has 0 aromatic carbocycles. The van der Waals surface area contributed by atoms with E-state index in [4.69, 9.17) is 0 Å². The topological polar surface area (TPSA) is 54.0 Å². The van der Waals surface area contributed by atoms with Crippen molar-refractivity contribution in [3.63, 3.8) is 0 Å². The molecule has 1 heterocycles. The molecule has 18 heavy (non-hydrogen) atoms. The number of rotatable bonds is 4. The molecule has 2 fully saturated rings. The third-order valence-electron chi connectivity index (χ3n) is 3.63. The molecule has 0 aliphatic heterocycles. The minimum absolute atomic E-state index is 0.0510. The molecule has 2 N–H and O–H groups in total. The van der Waals surface area contributed by atoms with Crippen LogP contribution in [-0.4, -0.2) is 23.0 Å². The van der Waals surface area contributed by atoms with Gasteiger partial charge >= 0.3 is 0 Å². The summed E-state index contributed by atoms with van der Waals surface area (Å²) in [5.41, 5.74) is 1.53. The zero-order chi connectivity index (χ0) is 12.4. The highest BCUT2D eigenvalue weighted by Gasteiger charge is 2.24. The highest BCUT2D eigenvalue weighted by Crippen LogP contribution is 2.22. The van der Waals surface area contributed by atoms with E-state index in [2.05, 4.69) is 15.6 Å². The first kappa shape index (κ1) is 11.5. The average molecular weight is 245 g/mol. The van der Waals surface area contributed by atoms with Gasteiger partial charge in [-0.15, -0.1) is 0 Å². The van der Waals surface area contributed by atoms with Crippen molar-refractivity contribution in [1.29, 1.82) is 0 Å². The van der Waals surface area contributed by atoms with Crippen molar-refractivity contribution in [2.45, 2.75) is 50.6 Å². The minimum atomic E-state index is -0.0510. The van der Waals surface area contributed by atoms with Crippen LogP contribution in [-0.2, 0) is 0 Å². The molecule has 4 nitrogen and oxygen atoms in total. The fraction of sp³-hybridized carbons (Fsp3) is 0.571. The van der Waals surface area contributed by atoms with Crippen molar-refractivity contribution >= 4 is 11.6 Å². The third kappa shape index (κ3) is 2.81. The number of nitrogens with one attached hydrogen (secondary N) is 2. The molecule has 2 saturated carbocycles. The summed E-state index contributed by atoms with van der Waals surface area (Å²) in [6.45, 7) is 0. The lowest BCUT2D eigenvalue weighted by molar-refractivity contribution is 0.0946. The first-order valence-corrected chi connectivity index (χ1v) is 6.85. The first-order valence-electron chi connectivity index (χ1n) is 6.85. The molecule has 0 bridgehead atoms. The van der Waals surface area contributed by atoms with Gasteiger partial charge in [0.15, 0.2) is 0 Å². The van der Waals surface area contributed by atoms with Gasteiger partial charge in [0.25, 0.3) is 5.91 Å². The predicted octanol–water partition coefficient (Wildman–Crippen LogP) is 2.33. The smallest absolute Gasteiger partial charge is 0.270 e. The van der Waals surface area contributed by atoms with Gasteiger partial charge < -0.3 is 10.6 Å². The summed E-state index contributed by atoms with van der Waals surface area (Å²) >= 11 is 0. The van der Waals surface area contributed by atoms with Crippen molar-refractivity contribution in [2.75, 3.05) is 5.32 Å². The van der Waals surface area contributed by atoms with Gasteiger partial charge in [-0.05, 0) is 37.8 Å². The van der Waals surface area contributed by atoms with E-state index in [0.29, 0.717) is 17.8 Å². The lowest BCUT2D eigenvalue weighted by atomic mass is 10.2. The van der Waals surface area contributed by atoms with Crippen LogP contribution in [0.1, 0.15) is 49.0 Å². The van der Waals surface area contributed by atoms with Gasteiger partial charge in [-0.1, -0.05) is 12.8 Å². The first-order chi connectivity index (χ1) is 8.81. The van der Waals surface area contributed by atoms with Gasteiger partial charge in [0.1, 0.15) is 5.69 Å². The lowest BCUT2D eigenvalue weighted by Crippen LogP contribution is -2.26. The van der Waals surface area contributed by atoms with Gasteiger partial charge in [-0.3, -0.25) is 4.79 Å². The maximum absolute atomic E-state index is 11.8. The Hall–Kier alpha value is -1.58. The van der Waals surface area contributed by atoms with E-state index < -0.39 is 0 Å². The molecular weight excluding hydrogens is 226 g/mol. The van der Waals surface area contributed by atoms with Gasteiger partial charge in [0.2, 0.25) is 0 Å². The van der Waals surface area contributed by atoms with Crippen LogP contribution in [0.3, 0.4) is 0 Å². The summed E-state index contributed by atoms with van der Waals surface area (Å²) in [6.07, 6.45) is 9.08. The molecule has 96 valence electrons. The summed E-state index contributed by atoms with van der Waals surface area (Å²) in [4.78, 5) is 16.0. The maximum Gasteiger partial charge on any atom is 0.270 e. The van der Waals surface area contributed by atoms with Crippen LogP contribution in [0, 0.1) is 0 Å². The van der Waals surface area contributed by atoms with E-state index >= 15 is 0 Å². The minimum Gasteiger partial charge on any atom is -0.381 e. The second kappa shape index (κ2) is 4.96. The Balaban J connectivity index is 1.58. The summed E-state index contributed by atoms with van der Waals surface area (Å²) in [5.74, 6) is -0.0510. The largest absolute Gasteiger partial charge is 0.381 e. The van der Waals surface area contributed by atoms with Crippen LogP contribution in [0.5, 0.6) is 0 Å². The van der Waals surface area contributed by atoms with Gasteiger partial charge in [-0.2, -0.15) is 0 Å². The molecule has 0 saturated heterocycles. The van der Waals surface area contributed by atoms with Crippen LogP contribution in [0.25, 0.3) is 0 Å². The zero-order valence-electron chi connectivity index (χ0n) is 10.5. The van der Waals surface area contributed by atoms with Crippen molar-refractivity contribution < 1.29 is 4.79 Å². The fourth-order valence-corrected chi connectivity index (χ4v) is 2.41. The number of amides is 1. The van der Waals surface area contributed by atoms with E-state index in [-0.39, 0.29) is 5.91 Å². The molecular formula is C14H19N3O. The highest BCUT2D eigenvalue weighted by atomic mass is 16.2. The summed E-state index contributed by atoms with van der Waals surface area (Å²) in [6, 6.07) is 4.72. The van der Waals surface area contributed by atoms with E-state index in [0.717, 1.165) is 18.5 Å². The highest BCUT2D eigenvalue weighted by molar-refractivity contribution is 5.92. The van der Waals surface area contributed by atoms with Crippen molar-refractivity contribution in [1.82, 2.24) is 10.3 Å². The van der Waals surface area contributed by atoms with E-state index in [1.165, 1.54) is 25.7 Å². The molecule has 4 heteroatoms. The van der Waals surface area contributed by atoms with E-state index in [9.17, 15) is 4.79 Å². The molecule has 0 unspecified atom stereocenters. The Labute approximate surface area is 107 Å². The van der Waals surface area contributed by atoms with Crippen molar-refractivity contribution in [3.05, 3.63) is 24.0 Å². The molecule has 1 amide bonds. The Kier molecular flexibility index (Phi) is 3.17. The SMILES string of the molecule is O=C(NC1CC1)c1ccc(NC2CCCC2)cn1. The lowest BCUT2D eigenvalue weighted by Gasteiger charge is -2.13. The van der Waals surface area contributed by atoms with Crippen LogP contribution in [0.15, 0.2) is 18.3 Å². The third-order valence-corrected chi connectivity index (χ3v) is 3.63. The molecule has 3 rings (SSSR count). The molecule has 2 aliphatic carbocycles. The standard InChI is InChI=1S/C14H19N3O/c18-14(17-11-5-6-11)13-8-7-12(9-15-13)16-10-3-1-2-4-10/h7-11,16H,1-6H2,(H,17,18). The normalized spacial score (nSPS) is 19.8. The van der Waals surface area contributed by atoms with Crippen LogP contribution >= 0.6 is 0 Å². The number of carbonyl (C=O) groups is 1. The van der Waals surface area contributed by atoms with E-state index in [1.54, 1.807) is 12.3 Å². The molecule has 1 aromatic heterocycles. The van der Waals surface area contributed by atoms with Gasteiger partial charge in [0.05, 0.1) is 11.9 Å². The number of hydrogen-bond acceptors (Lipinski definition) is 3. The quantitative estimate of drug-likeness (QED) is 0.856. The van der Waals surface area contributed by atoms with Crippen LogP contribution in [0.4, 0.5) is 5.69 Å². The monoisotopic (exact) mass is 245 g/mol. The average Bonchev–Trinajstić information content (AvgIpc) is 3.04. The Morgan fingerprint density at radius 1 is 1.11 bits per heavy atom. The molecule has 2 aliphatic rings. The second-order valence-corrected chi connectivity index (χ2v) is 5.31. The second-order valence-electron chi connectivity index (χ2n) is 5.31. The zero-order valence-corrected chi connectivity index (χ0v) is 10.5. The predicted molar refractivity (Wildman–Crippen MR) is 70.6 cm³/mol. The molecule has 0 spiro atoms. The number of carbonyl (C=O) groups excluding carboxylic acids is 1. The molecule has 0 atom stereocenters. The maximum atomic E-state index is 11.8. The molecule has 0 radical (unpaired) electrons. The Morgan fingerprint density at radius 3 is 2.50 bits per heavy atom. The number of nitrogens with zero attached hydrogens (tertiary/aromatic N) is 1. The summed E-state index contributed by atoms with van der Waals surface area (Å²) in [5, 5.41) is 6.41. The summed E-state index contributed by atoms with van der Waals surface area (Å²) in [7, 11) is 0. The number of aromatic nitrogens is 1. The van der Waals surface area contributed by atoms with Gasteiger partial charge in [-0.25, -0.2) is 4.98 Å². The number of anilines is 1. The Morgan fingerprint density at radius 2 is 1.89 bits per heavy atom. The number of pyridine rings is 1. The Bertz CT molecular complexity index is 419. The van der Waals surface area contributed by atoms with Crippen LogP contribution < -0.4 is 10.6 Å². The van der Waals surface area contributed by atoms with Crippen molar-refractivity contribution in [3.8, 4) is 0 Å². The van der Waals surface area contributed by atoms with Crippen molar-refractivity contribution in [2.24, 2.45) is 0 Å².